The van der Waals surface area contributed by atoms with Crippen molar-refractivity contribution in [3.8, 4) is 11.1 Å². The molecule has 0 fully saturated rings. The molecule has 2 heteroatoms. The maximum atomic E-state index is 13.7. The summed E-state index contributed by atoms with van der Waals surface area (Å²) in [5.74, 6) is 1.44. The monoisotopic (exact) mass is 496 g/mol. The van der Waals surface area contributed by atoms with Crippen LogP contribution >= 0.6 is 0 Å². The molecule has 0 amide bonds. The van der Waals surface area contributed by atoms with Gasteiger partial charge in [0, 0.05) is 5.92 Å². The summed E-state index contributed by atoms with van der Waals surface area (Å²) in [6.07, 6.45) is 14.2. The van der Waals surface area contributed by atoms with E-state index < -0.39 is 0 Å². The molecule has 2 aliphatic rings. The summed E-state index contributed by atoms with van der Waals surface area (Å²) in [4.78, 5) is 13.7. The zero-order chi connectivity index (χ0) is 26.4. The minimum atomic E-state index is -0.0998. The SMILES string of the molecule is CC(C)=CCC(C)C1CC=CCC(C(=O)OCC2c3ccccc3-c3ccccc32)C(CC=C(C)C)C1. The largest absolute Gasteiger partial charge is 0.464 e. The Morgan fingerprint density at radius 3 is 2.11 bits per heavy atom. The van der Waals surface area contributed by atoms with Crippen LogP contribution in [0.2, 0.25) is 0 Å². The maximum Gasteiger partial charge on any atom is 0.309 e. The molecule has 0 N–H and O–H groups in total. The van der Waals surface area contributed by atoms with Crippen molar-refractivity contribution < 1.29 is 9.53 Å². The van der Waals surface area contributed by atoms with Gasteiger partial charge in [-0.1, -0.05) is 90.9 Å². The van der Waals surface area contributed by atoms with Gasteiger partial charge in [-0.2, -0.15) is 0 Å². The van der Waals surface area contributed by atoms with Gasteiger partial charge in [-0.25, -0.2) is 0 Å². The third kappa shape index (κ3) is 6.72. The minimum absolute atomic E-state index is 0.0312. The van der Waals surface area contributed by atoms with Crippen LogP contribution < -0.4 is 0 Å². The van der Waals surface area contributed by atoms with Crippen molar-refractivity contribution in [3.63, 3.8) is 0 Å². The molecule has 0 saturated heterocycles. The van der Waals surface area contributed by atoms with Gasteiger partial charge in [0.25, 0.3) is 0 Å². The topological polar surface area (TPSA) is 26.3 Å². The van der Waals surface area contributed by atoms with Crippen LogP contribution in [0.4, 0.5) is 0 Å². The number of rotatable bonds is 8. The Hall–Kier alpha value is -2.87. The number of ether oxygens (including phenoxy) is 1. The fraction of sp³-hybridized carbons (Fsp3) is 0.457. The summed E-state index contributed by atoms with van der Waals surface area (Å²) in [5, 5.41) is 0. The lowest BCUT2D eigenvalue weighted by molar-refractivity contribution is -0.151. The summed E-state index contributed by atoms with van der Waals surface area (Å²) < 4.78 is 6.18. The van der Waals surface area contributed by atoms with Crippen LogP contribution in [-0.4, -0.2) is 12.6 Å². The van der Waals surface area contributed by atoms with E-state index in [9.17, 15) is 4.79 Å². The molecule has 0 aromatic heterocycles. The summed E-state index contributed by atoms with van der Waals surface area (Å²) >= 11 is 0. The van der Waals surface area contributed by atoms with E-state index in [1.54, 1.807) is 0 Å². The minimum Gasteiger partial charge on any atom is -0.464 e. The van der Waals surface area contributed by atoms with Crippen LogP contribution in [0.15, 0.2) is 84.0 Å². The van der Waals surface area contributed by atoms with E-state index in [1.165, 1.54) is 33.4 Å². The highest BCUT2D eigenvalue weighted by atomic mass is 16.5. The van der Waals surface area contributed by atoms with Gasteiger partial charge in [0.05, 0.1) is 5.92 Å². The zero-order valence-corrected chi connectivity index (χ0v) is 23.4. The Labute approximate surface area is 224 Å². The fourth-order valence-corrected chi connectivity index (χ4v) is 6.08. The molecule has 2 nitrogen and oxygen atoms in total. The highest BCUT2D eigenvalue weighted by Gasteiger charge is 2.34. The molecular formula is C35H44O2. The highest BCUT2D eigenvalue weighted by molar-refractivity contribution is 5.79. The van der Waals surface area contributed by atoms with Crippen molar-refractivity contribution in [2.24, 2.45) is 23.7 Å². The van der Waals surface area contributed by atoms with Crippen molar-refractivity contribution in [1.82, 2.24) is 0 Å². The Morgan fingerprint density at radius 2 is 1.49 bits per heavy atom. The van der Waals surface area contributed by atoms with Gasteiger partial charge in [0.15, 0.2) is 0 Å². The first-order valence-electron chi connectivity index (χ1n) is 14.1. The number of esters is 1. The normalized spacial score (nSPS) is 21.7. The van der Waals surface area contributed by atoms with E-state index in [4.69, 9.17) is 4.74 Å². The van der Waals surface area contributed by atoms with E-state index in [0.29, 0.717) is 24.4 Å². The van der Waals surface area contributed by atoms with Crippen LogP contribution in [0.1, 0.15) is 83.8 Å². The molecule has 37 heavy (non-hydrogen) atoms. The van der Waals surface area contributed by atoms with Crippen molar-refractivity contribution in [3.05, 3.63) is 95.1 Å². The smallest absolute Gasteiger partial charge is 0.309 e. The van der Waals surface area contributed by atoms with Gasteiger partial charge in [-0.15, -0.1) is 0 Å². The molecule has 0 bridgehead atoms. The predicted molar refractivity (Wildman–Crippen MR) is 155 cm³/mol. The number of benzene rings is 2. The van der Waals surface area contributed by atoms with Crippen LogP contribution in [0.3, 0.4) is 0 Å². The molecule has 196 valence electrons. The highest BCUT2D eigenvalue weighted by Crippen LogP contribution is 2.45. The number of carbonyl (C=O) groups is 1. The summed E-state index contributed by atoms with van der Waals surface area (Å²) in [6, 6.07) is 17.1. The second kappa shape index (κ2) is 12.6. The third-order valence-electron chi connectivity index (χ3n) is 8.36. The molecule has 2 aromatic rings. The van der Waals surface area contributed by atoms with Gasteiger partial charge >= 0.3 is 5.97 Å². The van der Waals surface area contributed by atoms with Gasteiger partial charge in [0.2, 0.25) is 0 Å². The van der Waals surface area contributed by atoms with E-state index in [2.05, 4.69) is 107 Å². The molecule has 4 atom stereocenters. The van der Waals surface area contributed by atoms with E-state index in [-0.39, 0.29) is 17.8 Å². The Bertz CT molecular complexity index is 1110. The molecule has 0 spiro atoms. The zero-order valence-electron chi connectivity index (χ0n) is 23.4. The fourth-order valence-electron chi connectivity index (χ4n) is 6.08. The van der Waals surface area contributed by atoms with Crippen molar-refractivity contribution in [1.29, 1.82) is 0 Å². The van der Waals surface area contributed by atoms with Crippen LogP contribution in [0.25, 0.3) is 11.1 Å². The average molecular weight is 497 g/mol. The lowest BCUT2D eigenvalue weighted by Crippen LogP contribution is -2.30. The molecule has 0 heterocycles. The second-order valence-corrected chi connectivity index (χ2v) is 11.7. The van der Waals surface area contributed by atoms with Gasteiger partial charge in [0.1, 0.15) is 6.61 Å². The van der Waals surface area contributed by atoms with Crippen LogP contribution in [0, 0.1) is 23.7 Å². The van der Waals surface area contributed by atoms with Crippen molar-refractivity contribution in [2.75, 3.05) is 6.61 Å². The van der Waals surface area contributed by atoms with Gasteiger partial charge < -0.3 is 4.74 Å². The molecule has 0 radical (unpaired) electrons. The third-order valence-corrected chi connectivity index (χ3v) is 8.36. The van der Waals surface area contributed by atoms with Crippen LogP contribution in [0.5, 0.6) is 0 Å². The number of allylic oxidation sites excluding steroid dienone is 6. The molecule has 0 aliphatic heterocycles. The average Bonchev–Trinajstić information content (AvgIpc) is 3.19. The van der Waals surface area contributed by atoms with Crippen molar-refractivity contribution >= 4 is 5.97 Å². The first-order chi connectivity index (χ1) is 17.8. The summed E-state index contributed by atoms with van der Waals surface area (Å²) in [6.45, 7) is 11.4. The molecular weight excluding hydrogens is 452 g/mol. The Balaban J connectivity index is 1.51. The number of hydrogen-bond acceptors (Lipinski definition) is 2. The first kappa shape index (κ1) is 27.2. The van der Waals surface area contributed by atoms with E-state index in [0.717, 1.165) is 32.1 Å². The maximum absolute atomic E-state index is 13.7. The molecule has 2 aromatic carbocycles. The van der Waals surface area contributed by atoms with Gasteiger partial charge in [-0.3, -0.25) is 4.79 Å². The lowest BCUT2D eigenvalue weighted by atomic mass is 9.73. The summed E-state index contributed by atoms with van der Waals surface area (Å²) in [7, 11) is 0. The first-order valence-corrected chi connectivity index (χ1v) is 14.1. The standard InChI is InChI=1S/C35H44O2/c1-24(2)18-20-26(5)27-12-6-7-13-29(28(22-27)21-19-25(3)4)35(36)37-23-34-32-16-10-8-14-30(32)31-15-9-11-17-33(31)34/h6-11,14-19,26-29,34H,12-13,20-23H2,1-5H3. The molecule has 2 aliphatic carbocycles. The van der Waals surface area contributed by atoms with E-state index >= 15 is 0 Å². The molecule has 0 saturated carbocycles. The number of hydrogen-bond donors (Lipinski definition) is 0. The number of fused-ring (bicyclic) bond motifs is 3. The second-order valence-electron chi connectivity index (χ2n) is 11.7. The number of carbonyl (C=O) groups excluding carboxylic acids is 1. The quantitative estimate of drug-likeness (QED) is 0.269. The van der Waals surface area contributed by atoms with Crippen LogP contribution in [-0.2, 0) is 9.53 Å². The molecule has 4 rings (SSSR count). The van der Waals surface area contributed by atoms with E-state index in [1.807, 2.05) is 0 Å². The Morgan fingerprint density at radius 1 is 0.892 bits per heavy atom. The summed E-state index contributed by atoms with van der Waals surface area (Å²) in [5.41, 5.74) is 7.76. The molecule has 4 unspecified atom stereocenters. The predicted octanol–water partition coefficient (Wildman–Crippen LogP) is 9.28. The Kier molecular flexibility index (Phi) is 9.24. The van der Waals surface area contributed by atoms with Crippen molar-refractivity contribution in [2.45, 2.75) is 72.6 Å². The van der Waals surface area contributed by atoms with Gasteiger partial charge in [-0.05, 0) is 99.8 Å². The lowest BCUT2D eigenvalue weighted by Gasteiger charge is -2.32.